The van der Waals surface area contributed by atoms with Crippen molar-refractivity contribution in [2.45, 2.75) is 91.3 Å². The Hall–Kier alpha value is -1.06. The summed E-state index contributed by atoms with van der Waals surface area (Å²) >= 11 is 0. The molecule has 0 saturated heterocycles. The Balaban J connectivity index is 2.77. The van der Waals surface area contributed by atoms with Gasteiger partial charge in [-0.2, -0.15) is 0 Å². The summed E-state index contributed by atoms with van der Waals surface area (Å²) in [6, 6.07) is 0. The number of ether oxygens (including phenoxy) is 2. The van der Waals surface area contributed by atoms with Crippen LogP contribution in [0.15, 0.2) is 0 Å². The Morgan fingerprint density at radius 1 is 0.909 bits per heavy atom. The van der Waals surface area contributed by atoms with Gasteiger partial charge in [0, 0.05) is 0 Å². The lowest BCUT2D eigenvalue weighted by Crippen LogP contribution is -2.36. The van der Waals surface area contributed by atoms with E-state index in [1.807, 2.05) is 41.5 Å². The van der Waals surface area contributed by atoms with Crippen LogP contribution in [0.1, 0.15) is 80.1 Å². The molecule has 0 heterocycles. The SMILES string of the molecule is CC(C)(C)OC(=O)CC(C(=O)OC(C)(C)C)C1CCCCC1. The molecule has 1 unspecified atom stereocenters. The van der Waals surface area contributed by atoms with Crippen molar-refractivity contribution in [3.8, 4) is 0 Å². The predicted molar refractivity (Wildman–Crippen MR) is 86.4 cm³/mol. The first kappa shape index (κ1) is 19.0. The molecule has 1 rings (SSSR count). The standard InChI is InChI=1S/C18H32O4/c1-17(2,3)21-15(19)12-14(13-10-8-7-9-11-13)16(20)22-18(4,5)6/h13-14H,7-12H2,1-6H3. The third kappa shape index (κ3) is 7.28. The van der Waals surface area contributed by atoms with Gasteiger partial charge in [0.25, 0.3) is 0 Å². The largest absolute Gasteiger partial charge is 0.460 e. The lowest BCUT2D eigenvalue weighted by molar-refractivity contribution is -0.170. The highest BCUT2D eigenvalue weighted by Gasteiger charge is 2.35. The number of carbonyl (C=O) groups excluding carboxylic acids is 2. The monoisotopic (exact) mass is 312 g/mol. The Morgan fingerprint density at radius 2 is 1.41 bits per heavy atom. The summed E-state index contributed by atoms with van der Waals surface area (Å²) in [5, 5.41) is 0. The molecule has 1 aliphatic carbocycles. The fraction of sp³-hybridized carbons (Fsp3) is 0.889. The maximum atomic E-state index is 12.5. The maximum absolute atomic E-state index is 12.5. The first-order valence-electron chi connectivity index (χ1n) is 8.43. The highest BCUT2D eigenvalue weighted by atomic mass is 16.6. The zero-order valence-corrected chi connectivity index (χ0v) is 15.0. The molecule has 1 aliphatic rings. The van der Waals surface area contributed by atoms with Crippen molar-refractivity contribution in [3.63, 3.8) is 0 Å². The van der Waals surface area contributed by atoms with E-state index in [1.54, 1.807) is 0 Å². The molecular weight excluding hydrogens is 280 g/mol. The van der Waals surface area contributed by atoms with Crippen LogP contribution >= 0.6 is 0 Å². The van der Waals surface area contributed by atoms with Gasteiger partial charge in [-0.25, -0.2) is 0 Å². The van der Waals surface area contributed by atoms with E-state index in [1.165, 1.54) is 6.42 Å². The van der Waals surface area contributed by atoms with Crippen LogP contribution in [0.25, 0.3) is 0 Å². The molecule has 4 nitrogen and oxygen atoms in total. The Kier molecular flexibility index (Phi) is 6.45. The summed E-state index contributed by atoms with van der Waals surface area (Å²) in [5.74, 6) is -0.718. The molecule has 1 fully saturated rings. The van der Waals surface area contributed by atoms with E-state index in [4.69, 9.17) is 9.47 Å². The highest BCUT2D eigenvalue weighted by Crippen LogP contribution is 2.34. The minimum Gasteiger partial charge on any atom is -0.460 e. The van der Waals surface area contributed by atoms with Crippen LogP contribution in [-0.4, -0.2) is 23.1 Å². The Morgan fingerprint density at radius 3 is 1.86 bits per heavy atom. The summed E-state index contributed by atoms with van der Waals surface area (Å²) in [7, 11) is 0. The van der Waals surface area contributed by atoms with E-state index >= 15 is 0 Å². The van der Waals surface area contributed by atoms with Crippen LogP contribution in [0.4, 0.5) is 0 Å². The molecule has 4 heteroatoms. The second kappa shape index (κ2) is 7.47. The van der Waals surface area contributed by atoms with Gasteiger partial charge in [-0.05, 0) is 60.3 Å². The molecular formula is C18H32O4. The van der Waals surface area contributed by atoms with Gasteiger partial charge in [0.05, 0.1) is 12.3 Å². The summed E-state index contributed by atoms with van der Waals surface area (Å²) in [5.41, 5.74) is -1.06. The maximum Gasteiger partial charge on any atom is 0.310 e. The molecule has 0 aromatic heterocycles. The van der Waals surface area contributed by atoms with Gasteiger partial charge in [0.1, 0.15) is 11.2 Å². The van der Waals surface area contributed by atoms with E-state index in [2.05, 4.69) is 0 Å². The molecule has 1 saturated carbocycles. The molecule has 22 heavy (non-hydrogen) atoms. The molecule has 0 aliphatic heterocycles. The minimum atomic E-state index is -0.530. The Bertz CT molecular complexity index is 381. The highest BCUT2D eigenvalue weighted by molar-refractivity contribution is 5.80. The lowest BCUT2D eigenvalue weighted by Gasteiger charge is -2.31. The lowest BCUT2D eigenvalue weighted by atomic mass is 9.78. The summed E-state index contributed by atoms with van der Waals surface area (Å²) in [6.07, 6.45) is 5.57. The molecule has 0 radical (unpaired) electrons. The van der Waals surface area contributed by atoms with E-state index in [-0.39, 0.29) is 30.2 Å². The molecule has 1 atom stereocenters. The average molecular weight is 312 g/mol. The molecule has 0 aromatic rings. The summed E-state index contributed by atoms with van der Waals surface area (Å²) in [4.78, 5) is 24.7. The fourth-order valence-electron chi connectivity index (χ4n) is 2.92. The zero-order chi connectivity index (χ0) is 17.0. The summed E-state index contributed by atoms with van der Waals surface area (Å²) in [6.45, 7) is 11.1. The molecule has 0 aromatic carbocycles. The first-order valence-corrected chi connectivity index (χ1v) is 8.43. The van der Waals surface area contributed by atoms with Crippen molar-refractivity contribution >= 4 is 11.9 Å². The van der Waals surface area contributed by atoms with Gasteiger partial charge < -0.3 is 9.47 Å². The minimum absolute atomic E-state index is 0.122. The third-order valence-electron chi connectivity index (χ3n) is 3.73. The van der Waals surface area contributed by atoms with Gasteiger partial charge in [-0.3, -0.25) is 9.59 Å². The quantitative estimate of drug-likeness (QED) is 0.728. The van der Waals surface area contributed by atoms with Gasteiger partial charge in [-0.15, -0.1) is 0 Å². The molecule has 0 amide bonds. The van der Waals surface area contributed by atoms with E-state index in [0.29, 0.717) is 0 Å². The van der Waals surface area contributed by atoms with Crippen molar-refractivity contribution in [2.75, 3.05) is 0 Å². The smallest absolute Gasteiger partial charge is 0.310 e. The second-order valence-corrected chi connectivity index (χ2v) is 8.33. The molecule has 0 N–H and O–H groups in total. The first-order chi connectivity index (χ1) is 9.98. The number of esters is 2. The average Bonchev–Trinajstić information content (AvgIpc) is 2.32. The predicted octanol–water partition coefficient (Wildman–Crippen LogP) is 4.26. The fourth-order valence-corrected chi connectivity index (χ4v) is 2.92. The summed E-state index contributed by atoms with van der Waals surface area (Å²) < 4.78 is 10.9. The van der Waals surface area contributed by atoms with Crippen LogP contribution in [-0.2, 0) is 19.1 Å². The Labute approximate surface area is 134 Å². The number of hydrogen-bond donors (Lipinski definition) is 0. The van der Waals surface area contributed by atoms with Crippen molar-refractivity contribution in [1.29, 1.82) is 0 Å². The van der Waals surface area contributed by atoms with Gasteiger partial charge >= 0.3 is 11.9 Å². The van der Waals surface area contributed by atoms with Crippen molar-refractivity contribution in [2.24, 2.45) is 11.8 Å². The van der Waals surface area contributed by atoms with Gasteiger partial charge in [0.15, 0.2) is 0 Å². The number of rotatable bonds is 4. The third-order valence-corrected chi connectivity index (χ3v) is 3.73. The van der Waals surface area contributed by atoms with Crippen LogP contribution in [0.5, 0.6) is 0 Å². The topological polar surface area (TPSA) is 52.6 Å². The van der Waals surface area contributed by atoms with Crippen LogP contribution < -0.4 is 0 Å². The van der Waals surface area contributed by atoms with Crippen LogP contribution in [0, 0.1) is 11.8 Å². The van der Waals surface area contributed by atoms with E-state index in [0.717, 1.165) is 25.7 Å². The molecule has 128 valence electrons. The zero-order valence-electron chi connectivity index (χ0n) is 15.0. The van der Waals surface area contributed by atoms with Gasteiger partial charge in [0.2, 0.25) is 0 Å². The van der Waals surface area contributed by atoms with Gasteiger partial charge in [-0.1, -0.05) is 19.3 Å². The number of hydrogen-bond acceptors (Lipinski definition) is 4. The number of carbonyl (C=O) groups is 2. The van der Waals surface area contributed by atoms with Crippen LogP contribution in [0.3, 0.4) is 0 Å². The van der Waals surface area contributed by atoms with Crippen molar-refractivity contribution in [3.05, 3.63) is 0 Å². The van der Waals surface area contributed by atoms with E-state index < -0.39 is 11.2 Å². The second-order valence-electron chi connectivity index (χ2n) is 8.33. The van der Waals surface area contributed by atoms with Crippen molar-refractivity contribution in [1.82, 2.24) is 0 Å². The molecule has 0 bridgehead atoms. The van der Waals surface area contributed by atoms with Crippen molar-refractivity contribution < 1.29 is 19.1 Å². The normalized spacial score (nSPS) is 18.6. The van der Waals surface area contributed by atoms with Crippen LogP contribution in [0.2, 0.25) is 0 Å². The molecule has 0 spiro atoms. The van der Waals surface area contributed by atoms with E-state index in [9.17, 15) is 9.59 Å².